The van der Waals surface area contributed by atoms with Crippen LogP contribution in [0.2, 0.25) is 0 Å². The minimum Gasteiger partial charge on any atom is -0.485 e. The van der Waals surface area contributed by atoms with Crippen molar-refractivity contribution in [2.45, 2.75) is 12.7 Å². The van der Waals surface area contributed by atoms with E-state index in [4.69, 9.17) is 9.47 Å². The molecule has 1 aliphatic rings. The highest BCUT2D eigenvalue weighted by molar-refractivity contribution is 5.85. The highest BCUT2D eigenvalue weighted by Crippen LogP contribution is 2.30. The van der Waals surface area contributed by atoms with Crippen LogP contribution < -0.4 is 19.6 Å². The Hall–Kier alpha value is -3.16. The largest absolute Gasteiger partial charge is 0.485 e. The second-order valence-electron chi connectivity index (χ2n) is 5.05. The highest BCUT2D eigenvalue weighted by Gasteiger charge is 2.26. The van der Waals surface area contributed by atoms with Crippen molar-refractivity contribution >= 4 is 12.1 Å². The molecule has 1 N–H and O–H groups in total. The maximum absolute atomic E-state index is 12.1. The van der Waals surface area contributed by atoms with Crippen LogP contribution in [0.5, 0.6) is 17.2 Å². The topological polar surface area (TPSA) is 69.2 Å². The number of hydrazone groups is 1. The van der Waals surface area contributed by atoms with Gasteiger partial charge in [-0.1, -0.05) is 12.1 Å². The van der Waals surface area contributed by atoms with Gasteiger partial charge >= 0.3 is 6.61 Å². The van der Waals surface area contributed by atoms with Crippen LogP contribution in [-0.4, -0.2) is 31.4 Å². The van der Waals surface area contributed by atoms with E-state index in [0.717, 1.165) is 0 Å². The van der Waals surface area contributed by atoms with Crippen LogP contribution in [0.15, 0.2) is 53.6 Å². The quantitative estimate of drug-likeness (QED) is 0.666. The summed E-state index contributed by atoms with van der Waals surface area (Å²) in [5.74, 6) is 0.666. The third-order valence-corrected chi connectivity index (χ3v) is 3.29. The number of nitrogens with zero attached hydrogens (tertiary/aromatic N) is 1. The number of amides is 1. The second-order valence-corrected chi connectivity index (χ2v) is 5.05. The third-order valence-electron chi connectivity index (χ3n) is 3.29. The Labute approximate surface area is 142 Å². The lowest BCUT2D eigenvalue weighted by Crippen LogP contribution is -2.42. The molecule has 0 aromatic heterocycles. The van der Waals surface area contributed by atoms with Crippen molar-refractivity contribution < 1.29 is 27.8 Å². The number of carbonyl (C=O) groups excluding carboxylic acids is 1. The van der Waals surface area contributed by atoms with Crippen LogP contribution in [0.1, 0.15) is 5.56 Å². The molecular formula is C17H14F2N2O4. The maximum atomic E-state index is 12.1. The number of halogens is 2. The Bertz CT molecular complexity index is 765. The van der Waals surface area contributed by atoms with Gasteiger partial charge in [0.15, 0.2) is 11.5 Å². The second kappa shape index (κ2) is 7.61. The molecule has 130 valence electrons. The van der Waals surface area contributed by atoms with E-state index in [2.05, 4.69) is 15.3 Å². The first kappa shape index (κ1) is 16.7. The van der Waals surface area contributed by atoms with Crippen molar-refractivity contribution in [2.75, 3.05) is 6.61 Å². The number of ether oxygens (including phenoxy) is 3. The molecule has 3 rings (SSSR count). The van der Waals surface area contributed by atoms with Crippen LogP contribution >= 0.6 is 0 Å². The molecule has 1 aliphatic heterocycles. The lowest BCUT2D eigenvalue weighted by Gasteiger charge is -2.24. The number of benzene rings is 2. The first-order valence-corrected chi connectivity index (χ1v) is 7.38. The molecule has 0 aliphatic carbocycles. The summed E-state index contributed by atoms with van der Waals surface area (Å²) in [6.07, 6.45) is 0.565. The minimum absolute atomic E-state index is 0.0441. The van der Waals surface area contributed by atoms with Gasteiger partial charge in [-0.05, 0) is 42.0 Å². The molecule has 0 unspecified atom stereocenters. The Morgan fingerprint density at radius 1 is 1.20 bits per heavy atom. The van der Waals surface area contributed by atoms with Crippen molar-refractivity contribution in [2.24, 2.45) is 5.10 Å². The van der Waals surface area contributed by atoms with Gasteiger partial charge in [-0.3, -0.25) is 4.79 Å². The summed E-state index contributed by atoms with van der Waals surface area (Å²) in [5, 5.41) is 3.81. The number of fused-ring (bicyclic) bond motifs is 1. The summed E-state index contributed by atoms with van der Waals surface area (Å²) in [6, 6.07) is 12.9. The van der Waals surface area contributed by atoms with Gasteiger partial charge in [0.1, 0.15) is 12.4 Å². The van der Waals surface area contributed by atoms with E-state index >= 15 is 0 Å². The molecule has 0 saturated heterocycles. The number of hydrogen-bond acceptors (Lipinski definition) is 5. The monoisotopic (exact) mass is 348 g/mol. The molecule has 2 aromatic carbocycles. The van der Waals surface area contributed by atoms with E-state index in [1.54, 1.807) is 18.2 Å². The lowest BCUT2D eigenvalue weighted by atomic mass is 10.2. The normalized spacial score (nSPS) is 16.0. The molecule has 0 radical (unpaired) electrons. The average molecular weight is 348 g/mol. The van der Waals surface area contributed by atoms with E-state index in [1.807, 2.05) is 6.07 Å². The minimum atomic E-state index is -2.87. The molecule has 1 amide bonds. The SMILES string of the molecule is O=C(N/N=C\c1ccc(OC(F)F)cc1)[C@H]1COc2ccccc2O1. The van der Waals surface area contributed by atoms with Gasteiger partial charge in [0, 0.05) is 0 Å². The summed E-state index contributed by atoms with van der Waals surface area (Å²) in [6.45, 7) is -2.79. The van der Waals surface area contributed by atoms with Crippen molar-refractivity contribution in [1.29, 1.82) is 0 Å². The fourth-order valence-electron chi connectivity index (χ4n) is 2.13. The van der Waals surface area contributed by atoms with Crippen molar-refractivity contribution in [3.63, 3.8) is 0 Å². The number of rotatable bonds is 5. The van der Waals surface area contributed by atoms with E-state index in [0.29, 0.717) is 17.1 Å². The zero-order chi connectivity index (χ0) is 17.6. The van der Waals surface area contributed by atoms with E-state index in [9.17, 15) is 13.6 Å². The number of carbonyl (C=O) groups is 1. The molecule has 25 heavy (non-hydrogen) atoms. The summed E-state index contributed by atoms with van der Waals surface area (Å²) in [4.78, 5) is 12.0. The van der Waals surface area contributed by atoms with Gasteiger partial charge in [0.05, 0.1) is 6.21 Å². The Morgan fingerprint density at radius 2 is 1.92 bits per heavy atom. The van der Waals surface area contributed by atoms with Crippen LogP contribution in [-0.2, 0) is 4.79 Å². The van der Waals surface area contributed by atoms with Gasteiger partial charge in [0.25, 0.3) is 5.91 Å². The fourth-order valence-corrected chi connectivity index (χ4v) is 2.13. The lowest BCUT2D eigenvalue weighted by molar-refractivity contribution is -0.130. The average Bonchev–Trinajstić information content (AvgIpc) is 2.62. The summed E-state index contributed by atoms with van der Waals surface area (Å²) in [7, 11) is 0. The predicted molar refractivity (Wildman–Crippen MR) is 85.2 cm³/mol. The summed E-state index contributed by atoms with van der Waals surface area (Å²) >= 11 is 0. The van der Waals surface area contributed by atoms with Gasteiger partial charge in [-0.25, -0.2) is 5.43 Å². The number of alkyl halides is 2. The molecule has 0 saturated carbocycles. The number of para-hydroxylation sites is 2. The van der Waals surface area contributed by atoms with E-state index in [-0.39, 0.29) is 12.4 Å². The third kappa shape index (κ3) is 4.43. The highest BCUT2D eigenvalue weighted by atomic mass is 19.3. The smallest absolute Gasteiger partial charge is 0.387 e. The predicted octanol–water partition coefficient (Wildman–Crippen LogP) is 2.58. The summed E-state index contributed by atoms with van der Waals surface area (Å²) < 4.78 is 39.4. The van der Waals surface area contributed by atoms with Crippen molar-refractivity contribution in [3.05, 3.63) is 54.1 Å². The Kier molecular flexibility index (Phi) is 5.08. The van der Waals surface area contributed by atoms with Crippen LogP contribution in [0, 0.1) is 0 Å². The van der Waals surface area contributed by atoms with Crippen molar-refractivity contribution in [1.82, 2.24) is 5.43 Å². The molecule has 8 heteroatoms. The number of nitrogens with one attached hydrogen (secondary N) is 1. The molecule has 0 spiro atoms. The van der Waals surface area contributed by atoms with Crippen LogP contribution in [0.4, 0.5) is 8.78 Å². The van der Waals surface area contributed by atoms with E-state index < -0.39 is 18.6 Å². The van der Waals surface area contributed by atoms with E-state index in [1.165, 1.54) is 30.5 Å². The van der Waals surface area contributed by atoms with Crippen molar-refractivity contribution in [3.8, 4) is 17.2 Å². The van der Waals surface area contributed by atoms with Gasteiger partial charge in [-0.2, -0.15) is 13.9 Å². The first-order chi connectivity index (χ1) is 12.1. The molecule has 1 atom stereocenters. The molecule has 0 bridgehead atoms. The van der Waals surface area contributed by atoms with Crippen LogP contribution in [0.25, 0.3) is 0 Å². The van der Waals surface area contributed by atoms with Gasteiger partial charge in [0.2, 0.25) is 6.10 Å². The molecule has 0 fully saturated rings. The molecular weight excluding hydrogens is 334 g/mol. The first-order valence-electron chi connectivity index (χ1n) is 7.38. The maximum Gasteiger partial charge on any atom is 0.387 e. The zero-order valence-electron chi connectivity index (χ0n) is 12.9. The van der Waals surface area contributed by atoms with Gasteiger partial charge < -0.3 is 14.2 Å². The Balaban J connectivity index is 1.53. The molecule has 1 heterocycles. The fraction of sp³-hybridized carbons (Fsp3) is 0.176. The number of hydrogen-bond donors (Lipinski definition) is 1. The Morgan fingerprint density at radius 3 is 2.64 bits per heavy atom. The summed E-state index contributed by atoms with van der Waals surface area (Å²) in [5.41, 5.74) is 2.96. The standard InChI is InChI=1S/C17H14F2N2O4/c18-17(19)24-12-7-5-11(6-8-12)9-20-21-16(22)15-10-23-13-3-1-2-4-14(13)25-15/h1-9,15,17H,10H2,(H,21,22)/b20-9-/t15-/m1/s1. The molecule has 2 aromatic rings. The zero-order valence-corrected chi connectivity index (χ0v) is 12.9. The molecule has 6 nitrogen and oxygen atoms in total. The van der Waals surface area contributed by atoms with Crippen LogP contribution in [0.3, 0.4) is 0 Å². The van der Waals surface area contributed by atoms with Gasteiger partial charge in [-0.15, -0.1) is 0 Å².